The summed E-state index contributed by atoms with van der Waals surface area (Å²) in [6, 6.07) is 12.4. The third-order valence-corrected chi connectivity index (χ3v) is 3.72. The predicted octanol–water partition coefficient (Wildman–Crippen LogP) is 5.24. The number of hydrogen-bond acceptors (Lipinski definition) is 2. The van der Waals surface area contributed by atoms with Crippen LogP contribution in [0.25, 0.3) is 0 Å². The van der Waals surface area contributed by atoms with Crippen molar-refractivity contribution in [1.29, 1.82) is 0 Å². The van der Waals surface area contributed by atoms with E-state index >= 15 is 0 Å². The molecule has 0 spiro atoms. The Balaban J connectivity index is 2.01. The molecule has 0 aromatic heterocycles. The summed E-state index contributed by atoms with van der Waals surface area (Å²) in [7, 11) is 0. The molecule has 0 radical (unpaired) electrons. The summed E-state index contributed by atoms with van der Waals surface area (Å²) in [6.07, 6.45) is 1.74. The van der Waals surface area contributed by atoms with Crippen molar-refractivity contribution in [3.05, 3.63) is 70.2 Å². The Morgan fingerprint density at radius 1 is 1.14 bits per heavy atom. The molecule has 0 bridgehead atoms. The van der Waals surface area contributed by atoms with Crippen molar-refractivity contribution < 1.29 is 4.74 Å². The van der Waals surface area contributed by atoms with Crippen molar-refractivity contribution in [2.75, 3.05) is 11.9 Å². The van der Waals surface area contributed by atoms with Crippen molar-refractivity contribution in [1.82, 2.24) is 0 Å². The van der Waals surface area contributed by atoms with E-state index in [0.29, 0.717) is 6.61 Å². The van der Waals surface area contributed by atoms with Crippen LogP contribution in [0.3, 0.4) is 0 Å². The third kappa shape index (κ3) is 4.36. The zero-order chi connectivity index (χ0) is 15.2. The molecule has 0 saturated carbocycles. The van der Waals surface area contributed by atoms with E-state index in [9.17, 15) is 0 Å². The van der Waals surface area contributed by atoms with Gasteiger partial charge in [-0.1, -0.05) is 40.7 Å². The average molecular weight is 346 g/mol. The topological polar surface area (TPSA) is 21.3 Å². The standard InChI is InChI=1S/C18H20BrNO/c1-4-9-21-17-7-5-15(6-8-17)12-20-18-13(2)10-16(19)11-14(18)3/h4-8,10-11,20H,1,9,12H2,2-3H3. The maximum Gasteiger partial charge on any atom is 0.119 e. The van der Waals surface area contributed by atoms with Crippen molar-refractivity contribution in [2.45, 2.75) is 20.4 Å². The van der Waals surface area contributed by atoms with Gasteiger partial charge in [-0.05, 0) is 54.8 Å². The highest BCUT2D eigenvalue weighted by Gasteiger charge is 2.04. The van der Waals surface area contributed by atoms with Gasteiger partial charge in [0.2, 0.25) is 0 Å². The van der Waals surface area contributed by atoms with Crippen molar-refractivity contribution in [2.24, 2.45) is 0 Å². The van der Waals surface area contributed by atoms with E-state index in [0.717, 1.165) is 16.8 Å². The first-order chi connectivity index (χ1) is 10.1. The number of nitrogens with one attached hydrogen (secondary N) is 1. The summed E-state index contributed by atoms with van der Waals surface area (Å²) in [5, 5.41) is 3.51. The van der Waals surface area contributed by atoms with E-state index in [1.54, 1.807) is 6.08 Å². The van der Waals surface area contributed by atoms with Crippen LogP contribution in [0, 0.1) is 13.8 Å². The molecular weight excluding hydrogens is 326 g/mol. The number of aryl methyl sites for hydroxylation is 2. The smallest absolute Gasteiger partial charge is 0.119 e. The largest absolute Gasteiger partial charge is 0.490 e. The molecule has 2 rings (SSSR count). The van der Waals surface area contributed by atoms with Gasteiger partial charge in [0.25, 0.3) is 0 Å². The fraction of sp³-hybridized carbons (Fsp3) is 0.222. The van der Waals surface area contributed by atoms with E-state index in [4.69, 9.17) is 4.74 Å². The Hall–Kier alpha value is -1.74. The molecule has 0 heterocycles. The molecule has 0 atom stereocenters. The zero-order valence-corrected chi connectivity index (χ0v) is 14.0. The van der Waals surface area contributed by atoms with E-state index in [-0.39, 0.29) is 0 Å². The summed E-state index contributed by atoms with van der Waals surface area (Å²) in [6.45, 7) is 9.21. The van der Waals surface area contributed by atoms with Crippen molar-refractivity contribution in [3.8, 4) is 5.75 Å². The monoisotopic (exact) mass is 345 g/mol. The number of ether oxygens (including phenoxy) is 1. The molecular formula is C18H20BrNO. The Morgan fingerprint density at radius 2 is 1.76 bits per heavy atom. The van der Waals surface area contributed by atoms with Crippen LogP contribution in [-0.4, -0.2) is 6.61 Å². The molecule has 0 fully saturated rings. The highest BCUT2D eigenvalue weighted by molar-refractivity contribution is 9.10. The average Bonchev–Trinajstić information content (AvgIpc) is 2.45. The van der Waals surface area contributed by atoms with Gasteiger partial charge in [0.1, 0.15) is 12.4 Å². The first kappa shape index (κ1) is 15.6. The van der Waals surface area contributed by atoms with Crippen LogP contribution >= 0.6 is 15.9 Å². The second-order valence-electron chi connectivity index (χ2n) is 5.01. The molecule has 2 aromatic rings. The minimum atomic E-state index is 0.537. The second-order valence-corrected chi connectivity index (χ2v) is 5.93. The maximum atomic E-state index is 5.48. The summed E-state index contributed by atoms with van der Waals surface area (Å²) in [5.41, 5.74) is 4.91. The molecule has 0 unspecified atom stereocenters. The number of hydrogen-bond donors (Lipinski definition) is 1. The van der Waals surface area contributed by atoms with Gasteiger partial charge in [-0.3, -0.25) is 0 Å². The minimum absolute atomic E-state index is 0.537. The third-order valence-electron chi connectivity index (χ3n) is 3.26. The molecule has 2 nitrogen and oxygen atoms in total. The lowest BCUT2D eigenvalue weighted by Gasteiger charge is -2.14. The Bertz CT molecular complexity index is 597. The van der Waals surface area contributed by atoms with Crippen LogP contribution < -0.4 is 10.1 Å². The van der Waals surface area contributed by atoms with Gasteiger partial charge in [0.15, 0.2) is 0 Å². The molecule has 21 heavy (non-hydrogen) atoms. The molecule has 2 aromatic carbocycles. The Kier molecular flexibility index (Phi) is 5.45. The van der Waals surface area contributed by atoms with E-state index in [2.05, 4.69) is 65.9 Å². The lowest BCUT2D eigenvalue weighted by Crippen LogP contribution is -2.03. The fourth-order valence-electron chi connectivity index (χ4n) is 2.24. The van der Waals surface area contributed by atoms with E-state index in [1.807, 2.05) is 12.1 Å². The van der Waals surface area contributed by atoms with Crippen LogP contribution in [0.1, 0.15) is 16.7 Å². The van der Waals surface area contributed by atoms with Crippen LogP contribution in [0.2, 0.25) is 0 Å². The van der Waals surface area contributed by atoms with E-state index < -0.39 is 0 Å². The normalized spacial score (nSPS) is 10.2. The number of halogens is 1. The summed E-state index contributed by atoms with van der Waals surface area (Å²) < 4.78 is 6.60. The number of rotatable bonds is 6. The zero-order valence-electron chi connectivity index (χ0n) is 12.4. The van der Waals surface area contributed by atoms with Gasteiger partial charge in [-0.25, -0.2) is 0 Å². The molecule has 1 N–H and O–H groups in total. The lowest BCUT2D eigenvalue weighted by atomic mass is 10.1. The van der Waals surface area contributed by atoms with Crippen molar-refractivity contribution >= 4 is 21.6 Å². The van der Waals surface area contributed by atoms with Crippen LogP contribution in [0.15, 0.2) is 53.5 Å². The fourth-order valence-corrected chi connectivity index (χ4v) is 2.93. The van der Waals surface area contributed by atoms with Gasteiger partial charge in [-0.15, -0.1) is 0 Å². The first-order valence-corrected chi connectivity index (χ1v) is 7.72. The molecule has 0 aliphatic carbocycles. The van der Waals surface area contributed by atoms with Gasteiger partial charge in [0, 0.05) is 16.7 Å². The molecule has 0 aliphatic heterocycles. The van der Waals surface area contributed by atoms with Gasteiger partial charge >= 0.3 is 0 Å². The van der Waals surface area contributed by atoms with Gasteiger partial charge in [0.05, 0.1) is 0 Å². The highest BCUT2D eigenvalue weighted by atomic mass is 79.9. The van der Waals surface area contributed by atoms with Crippen LogP contribution in [0.5, 0.6) is 5.75 Å². The Morgan fingerprint density at radius 3 is 2.33 bits per heavy atom. The van der Waals surface area contributed by atoms with Gasteiger partial charge < -0.3 is 10.1 Å². The predicted molar refractivity (Wildman–Crippen MR) is 93.1 cm³/mol. The highest BCUT2D eigenvalue weighted by Crippen LogP contribution is 2.25. The first-order valence-electron chi connectivity index (χ1n) is 6.93. The SMILES string of the molecule is C=CCOc1ccc(CNc2c(C)cc(Br)cc2C)cc1. The molecule has 3 heteroatoms. The van der Waals surface area contributed by atoms with E-state index in [1.165, 1.54) is 22.4 Å². The number of benzene rings is 2. The quantitative estimate of drug-likeness (QED) is 0.722. The van der Waals surface area contributed by atoms with Crippen molar-refractivity contribution in [3.63, 3.8) is 0 Å². The lowest BCUT2D eigenvalue weighted by molar-refractivity contribution is 0.363. The summed E-state index contributed by atoms with van der Waals surface area (Å²) >= 11 is 3.52. The Labute approximate surface area is 135 Å². The summed E-state index contributed by atoms with van der Waals surface area (Å²) in [4.78, 5) is 0. The molecule has 0 amide bonds. The van der Waals surface area contributed by atoms with Crippen LogP contribution in [-0.2, 0) is 6.54 Å². The maximum absolute atomic E-state index is 5.48. The molecule has 110 valence electrons. The second kappa shape index (κ2) is 7.32. The minimum Gasteiger partial charge on any atom is -0.490 e. The molecule has 0 saturated heterocycles. The van der Waals surface area contributed by atoms with Gasteiger partial charge in [-0.2, -0.15) is 0 Å². The molecule has 0 aliphatic rings. The number of anilines is 1. The van der Waals surface area contributed by atoms with Crippen LogP contribution in [0.4, 0.5) is 5.69 Å². The summed E-state index contributed by atoms with van der Waals surface area (Å²) in [5.74, 6) is 0.870.